The van der Waals surface area contributed by atoms with E-state index in [2.05, 4.69) is 0 Å². The van der Waals surface area contributed by atoms with Crippen molar-refractivity contribution in [2.24, 2.45) is 0 Å². The normalized spacial score (nSPS) is 18.4. The summed E-state index contributed by atoms with van der Waals surface area (Å²) in [5.74, 6) is 1.34. The van der Waals surface area contributed by atoms with E-state index in [1.54, 1.807) is 19.2 Å². The van der Waals surface area contributed by atoms with Crippen molar-refractivity contribution in [3.8, 4) is 17.2 Å². The Bertz CT molecular complexity index is 362. The summed E-state index contributed by atoms with van der Waals surface area (Å²) in [5.41, 5.74) is 0.871. The Labute approximate surface area is 88.4 Å². The Morgan fingerprint density at radius 1 is 1.53 bits per heavy atom. The third-order valence-electron chi connectivity index (χ3n) is 2.39. The van der Waals surface area contributed by atoms with Gasteiger partial charge in [0.1, 0.15) is 5.75 Å². The minimum Gasteiger partial charge on any atom is -0.504 e. The maximum Gasteiger partial charge on any atom is 0.204 e. The average molecular weight is 210 g/mol. The van der Waals surface area contributed by atoms with Crippen molar-refractivity contribution in [2.75, 3.05) is 13.7 Å². The molecule has 1 heterocycles. The molecule has 4 heteroatoms. The summed E-state index contributed by atoms with van der Waals surface area (Å²) in [6.07, 6.45) is 0.299. The first-order chi connectivity index (χ1) is 7.26. The number of hydrogen-bond donors (Lipinski definition) is 1. The lowest BCUT2D eigenvalue weighted by Crippen LogP contribution is -2.17. The summed E-state index contributed by atoms with van der Waals surface area (Å²) >= 11 is 0. The van der Waals surface area contributed by atoms with Crippen LogP contribution in [-0.2, 0) is 11.2 Å². The molecule has 1 atom stereocenters. The second kappa shape index (κ2) is 3.98. The van der Waals surface area contributed by atoms with Gasteiger partial charge in [-0.1, -0.05) is 0 Å². The van der Waals surface area contributed by atoms with Crippen LogP contribution in [0.4, 0.5) is 0 Å². The maximum absolute atomic E-state index is 9.60. The van der Waals surface area contributed by atoms with E-state index in [4.69, 9.17) is 14.2 Å². The fraction of sp³-hybridized carbons (Fsp3) is 0.455. The highest BCUT2D eigenvalue weighted by atomic mass is 16.7. The van der Waals surface area contributed by atoms with Crippen LogP contribution in [-0.4, -0.2) is 25.1 Å². The van der Waals surface area contributed by atoms with Gasteiger partial charge in [-0.05, 0) is 19.1 Å². The van der Waals surface area contributed by atoms with E-state index in [0.717, 1.165) is 11.3 Å². The standard InChI is InChI=1S/C11H14O4/c1-3-14-10-6-7-9(13-2)5-4-8(12)11(7)15-10/h4-5,10,12H,3,6H2,1-2H3/t10-/m0/s1. The van der Waals surface area contributed by atoms with Gasteiger partial charge in [-0.25, -0.2) is 0 Å². The lowest BCUT2D eigenvalue weighted by Gasteiger charge is -2.09. The van der Waals surface area contributed by atoms with Crippen molar-refractivity contribution in [2.45, 2.75) is 19.6 Å². The second-order valence-corrected chi connectivity index (χ2v) is 3.30. The molecule has 0 aromatic heterocycles. The fourth-order valence-corrected chi connectivity index (χ4v) is 1.73. The summed E-state index contributed by atoms with van der Waals surface area (Å²) in [6, 6.07) is 3.29. The van der Waals surface area contributed by atoms with Gasteiger partial charge in [0.2, 0.25) is 6.29 Å². The minimum absolute atomic E-state index is 0.132. The van der Waals surface area contributed by atoms with Gasteiger partial charge < -0.3 is 19.3 Å². The largest absolute Gasteiger partial charge is 0.504 e. The second-order valence-electron chi connectivity index (χ2n) is 3.30. The number of hydrogen-bond acceptors (Lipinski definition) is 4. The molecule has 0 fully saturated rings. The van der Waals surface area contributed by atoms with Gasteiger partial charge in [0, 0.05) is 18.6 Å². The number of phenols is 1. The molecule has 0 aliphatic carbocycles. The van der Waals surface area contributed by atoms with Gasteiger partial charge in [-0.3, -0.25) is 0 Å². The molecule has 0 unspecified atom stereocenters. The van der Waals surface area contributed by atoms with Crippen molar-refractivity contribution in [3.05, 3.63) is 17.7 Å². The third kappa shape index (κ3) is 1.72. The Kier molecular flexibility index (Phi) is 2.68. The van der Waals surface area contributed by atoms with Gasteiger partial charge in [-0.15, -0.1) is 0 Å². The van der Waals surface area contributed by atoms with Crippen molar-refractivity contribution < 1.29 is 19.3 Å². The zero-order valence-corrected chi connectivity index (χ0v) is 8.82. The van der Waals surface area contributed by atoms with Gasteiger partial charge >= 0.3 is 0 Å². The van der Waals surface area contributed by atoms with Gasteiger partial charge in [0.15, 0.2) is 11.5 Å². The molecule has 0 spiro atoms. The van der Waals surface area contributed by atoms with E-state index in [1.807, 2.05) is 6.92 Å². The minimum atomic E-state index is -0.313. The highest BCUT2D eigenvalue weighted by Crippen LogP contribution is 2.42. The fourth-order valence-electron chi connectivity index (χ4n) is 1.73. The molecule has 0 amide bonds. The number of phenolic OH excluding ortho intramolecular Hbond substituents is 1. The van der Waals surface area contributed by atoms with Crippen LogP contribution in [0.1, 0.15) is 12.5 Å². The predicted molar refractivity (Wildman–Crippen MR) is 54.4 cm³/mol. The van der Waals surface area contributed by atoms with Crippen molar-refractivity contribution in [1.29, 1.82) is 0 Å². The molecule has 0 saturated heterocycles. The molecule has 1 aliphatic heterocycles. The van der Waals surface area contributed by atoms with Gasteiger partial charge in [0.05, 0.1) is 7.11 Å². The smallest absolute Gasteiger partial charge is 0.204 e. The van der Waals surface area contributed by atoms with Crippen molar-refractivity contribution >= 4 is 0 Å². The van der Waals surface area contributed by atoms with E-state index in [1.165, 1.54) is 0 Å². The number of ether oxygens (including phenoxy) is 3. The Balaban J connectivity index is 2.30. The lowest BCUT2D eigenvalue weighted by molar-refractivity contribution is -0.0610. The first-order valence-electron chi connectivity index (χ1n) is 4.93. The van der Waals surface area contributed by atoms with Crippen LogP contribution in [0.3, 0.4) is 0 Å². The molecule has 1 aromatic rings. The Morgan fingerprint density at radius 3 is 3.00 bits per heavy atom. The molecule has 1 aromatic carbocycles. The van der Waals surface area contributed by atoms with Crippen LogP contribution in [0.15, 0.2) is 12.1 Å². The molecular formula is C11H14O4. The topological polar surface area (TPSA) is 47.9 Å². The summed E-state index contributed by atoms with van der Waals surface area (Å²) in [5, 5.41) is 9.60. The van der Waals surface area contributed by atoms with E-state index in [9.17, 15) is 5.11 Å². The van der Waals surface area contributed by atoms with Crippen LogP contribution in [0.25, 0.3) is 0 Å². The van der Waals surface area contributed by atoms with Crippen molar-refractivity contribution in [3.63, 3.8) is 0 Å². The molecule has 1 aliphatic rings. The molecule has 0 bridgehead atoms. The van der Waals surface area contributed by atoms with Crippen LogP contribution in [0.5, 0.6) is 17.2 Å². The number of benzene rings is 1. The number of fused-ring (bicyclic) bond motifs is 1. The molecule has 4 nitrogen and oxygen atoms in total. The van der Waals surface area contributed by atoms with Crippen LogP contribution < -0.4 is 9.47 Å². The first kappa shape index (κ1) is 10.1. The summed E-state index contributed by atoms with van der Waals surface area (Å²) in [6.45, 7) is 2.49. The Hall–Kier alpha value is -1.42. The van der Waals surface area contributed by atoms with Gasteiger partial charge in [-0.2, -0.15) is 0 Å². The molecule has 15 heavy (non-hydrogen) atoms. The lowest BCUT2D eigenvalue weighted by atomic mass is 10.1. The van der Waals surface area contributed by atoms with E-state index >= 15 is 0 Å². The molecule has 0 radical (unpaired) electrons. The molecular weight excluding hydrogens is 196 g/mol. The summed E-state index contributed by atoms with van der Waals surface area (Å²) in [7, 11) is 1.60. The zero-order valence-electron chi connectivity index (χ0n) is 8.82. The highest BCUT2D eigenvalue weighted by molar-refractivity contribution is 5.55. The SMILES string of the molecule is CCO[C@@H]1Cc2c(OC)ccc(O)c2O1. The predicted octanol–water partition coefficient (Wildman–Crippen LogP) is 1.70. The van der Waals surface area contributed by atoms with Crippen LogP contribution >= 0.6 is 0 Å². The van der Waals surface area contributed by atoms with E-state index in [-0.39, 0.29) is 12.0 Å². The average Bonchev–Trinajstić information content (AvgIpc) is 2.64. The molecule has 2 rings (SSSR count). The van der Waals surface area contributed by atoms with E-state index in [0.29, 0.717) is 18.8 Å². The first-order valence-corrected chi connectivity index (χ1v) is 4.93. The summed E-state index contributed by atoms with van der Waals surface area (Å²) < 4.78 is 16.0. The van der Waals surface area contributed by atoms with Crippen LogP contribution in [0, 0.1) is 0 Å². The molecule has 82 valence electrons. The monoisotopic (exact) mass is 210 g/mol. The quantitative estimate of drug-likeness (QED) is 0.824. The third-order valence-corrected chi connectivity index (χ3v) is 2.39. The number of rotatable bonds is 3. The zero-order chi connectivity index (χ0) is 10.8. The Morgan fingerprint density at radius 2 is 2.33 bits per heavy atom. The number of aromatic hydroxyl groups is 1. The number of methoxy groups -OCH3 is 1. The molecule has 0 saturated carbocycles. The highest BCUT2D eigenvalue weighted by Gasteiger charge is 2.28. The van der Waals surface area contributed by atoms with Crippen LogP contribution in [0.2, 0.25) is 0 Å². The van der Waals surface area contributed by atoms with Gasteiger partial charge in [0.25, 0.3) is 0 Å². The summed E-state index contributed by atoms with van der Waals surface area (Å²) in [4.78, 5) is 0. The van der Waals surface area contributed by atoms with Crippen molar-refractivity contribution in [1.82, 2.24) is 0 Å². The van der Waals surface area contributed by atoms with E-state index < -0.39 is 0 Å². The maximum atomic E-state index is 9.60. The molecule has 1 N–H and O–H groups in total.